The molecule has 0 bridgehead atoms. The summed E-state index contributed by atoms with van der Waals surface area (Å²) in [4.78, 5) is 2.58. The highest BCUT2D eigenvalue weighted by molar-refractivity contribution is 5.09. The third-order valence-electron chi connectivity index (χ3n) is 4.65. The molecule has 4 nitrogen and oxygen atoms in total. The Labute approximate surface area is 122 Å². The van der Waals surface area contributed by atoms with Crippen molar-refractivity contribution in [1.29, 1.82) is 0 Å². The topological polar surface area (TPSA) is 33.1 Å². The van der Waals surface area contributed by atoms with E-state index in [2.05, 4.69) is 39.9 Å². The van der Waals surface area contributed by atoms with Crippen LogP contribution in [-0.2, 0) is 13.1 Å². The van der Waals surface area contributed by atoms with Gasteiger partial charge in [0.25, 0.3) is 0 Å². The zero-order valence-corrected chi connectivity index (χ0v) is 12.9. The molecule has 1 aromatic rings. The van der Waals surface area contributed by atoms with Gasteiger partial charge in [-0.3, -0.25) is 9.58 Å². The van der Waals surface area contributed by atoms with Gasteiger partial charge in [-0.25, -0.2) is 0 Å². The Bertz CT molecular complexity index is 428. The molecule has 0 spiro atoms. The molecule has 0 amide bonds. The van der Waals surface area contributed by atoms with Crippen molar-refractivity contribution >= 4 is 0 Å². The second-order valence-corrected chi connectivity index (χ2v) is 6.49. The fourth-order valence-corrected chi connectivity index (χ4v) is 3.18. The monoisotopic (exact) mass is 276 g/mol. The molecule has 1 saturated heterocycles. The van der Waals surface area contributed by atoms with Crippen LogP contribution < -0.4 is 5.32 Å². The summed E-state index contributed by atoms with van der Waals surface area (Å²) in [6.45, 7) is 9.99. The summed E-state index contributed by atoms with van der Waals surface area (Å²) in [5, 5.41) is 8.29. The van der Waals surface area contributed by atoms with E-state index in [4.69, 9.17) is 0 Å². The molecule has 0 atom stereocenters. The van der Waals surface area contributed by atoms with E-state index in [1.807, 2.05) is 0 Å². The molecule has 0 radical (unpaired) electrons. The summed E-state index contributed by atoms with van der Waals surface area (Å²) < 4.78 is 2.15. The maximum atomic E-state index is 4.54. The summed E-state index contributed by atoms with van der Waals surface area (Å²) in [5.41, 5.74) is 2.51. The molecule has 3 rings (SSSR count). The Balaban J connectivity index is 1.45. The maximum absolute atomic E-state index is 4.54. The molecular formula is C16H28N4. The van der Waals surface area contributed by atoms with E-state index in [0.29, 0.717) is 0 Å². The summed E-state index contributed by atoms with van der Waals surface area (Å²) in [6, 6.07) is 2.99. The highest BCUT2D eigenvalue weighted by Gasteiger charge is 2.24. The lowest BCUT2D eigenvalue weighted by Crippen LogP contribution is -2.42. The van der Waals surface area contributed by atoms with Gasteiger partial charge in [-0.1, -0.05) is 0 Å². The summed E-state index contributed by atoms with van der Waals surface area (Å²) in [5.74, 6) is 0.995. The van der Waals surface area contributed by atoms with Crippen LogP contribution in [0.5, 0.6) is 0 Å². The maximum Gasteiger partial charge on any atom is 0.0597 e. The van der Waals surface area contributed by atoms with Crippen molar-refractivity contribution < 1.29 is 0 Å². The quantitative estimate of drug-likeness (QED) is 0.864. The zero-order chi connectivity index (χ0) is 13.9. The minimum absolute atomic E-state index is 0.754. The largest absolute Gasteiger partial charge is 0.314 e. The second-order valence-electron chi connectivity index (χ2n) is 6.49. The Morgan fingerprint density at radius 2 is 2.00 bits per heavy atom. The van der Waals surface area contributed by atoms with Crippen LogP contribution >= 0.6 is 0 Å². The number of nitrogens with zero attached hydrogens (tertiary/aromatic N) is 3. The third-order valence-corrected chi connectivity index (χ3v) is 4.65. The Morgan fingerprint density at radius 3 is 2.65 bits per heavy atom. The summed E-state index contributed by atoms with van der Waals surface area (Å²) in [6.07, 6.45) is 5.50. The van der Waals surface area contributed by atoms with Gasteiger partial charge in [0.2, 0.25) is 0 Å². The Kier molecular flexibility index (Phi) is 4.41. The summed E-state index contributed by atoms with van der Waals surface area (Å²) in [7, 11) is 0. The number of likely N-dealkylation sites (tertiary alicyclic amines) is 1. The van der Waals surface area contributed by atoms with Crippen LogP contribution in [0.1, 0.15) is 44.0 Å². The SMILES string of the molecule is CCn1nc(C)cc1CN1CCC(NCC2CC2)CC1. The van der Waals surface area contributed by atoms with Crippen molar-refractivity contribution in [2.45, 2.75) is 58.7 Å². The first-order chi connectivity index (χ1) is 9.74. The number of nitrogens with one attached hydrogen (secondary N) is 1. The van der Waals surface area contributed by atoms with Gasteiger partial charge in [0.15, 0.2) is 0 Å². The standard InChI is InChI=1S/C16H28N4/c1-3-20-16(10-13(2)18-20)12-19-8-6-15(7-9-19)17-11-14-4-5-14/h10,14-15,17H,3-9,11-12H2,1-2H3. The molecule has 1 aliphatic carbocycles. The molecule has 2 aliphatic rings. The van der Waals surface area contributed by atoms with Gasteiger partial charge in [-0.15, -0.1) is 0 Å². The molecule has 20 heavy (non-hydrogen) atoms. The summed E-state index contributed by atoms with van der Waals surface area (Å²) >= 11 is 0. The van der Waals surface area contributed by atoms with Gasteiger partial charge >= 0.3 is 0 Å². The van der Waals surface area contributed by atoms with E-state index >= 15 is 0 Å². The van der Waals surface area contributed by atoms with E-state index in [0.717, 1.165) is 30.7 Å². The second kappa shape index (κ2) is 6.27. The normalized spacial score (nSPS) is 21.5. The van der Waals surface area contributed by atoms with Crippen molar-refractivity contribution in [2.24, 2.45) is 5.92 Å². The zero-order valence-electron chi connectivity index (χ0n) is 12.9. The molecule has 2 fully saturated rings. The van der Waals surface area contributed by atoms with E-state index in [1.165, 1.54) is 51.0 Å². The molecular weight excluding hydrogens is 248 g/mol. The van der Waals surface area contributed by atoms with Crippen LogP contribution in [0.3, 0.4) is 0 Å². The van der Waals surface area contributed by atoms with Crippen LogP contribution in [-0.4, -0.2) is 40.4 Å². The molecule has 1 saturated carbocycles. The molecule has 1 N–H and O–H groups in total. The first-order valence-electron chi connectivity index (χ1n) is 8.23. The van der Waals surface area contributed by atoms with Gasteiger partial charge < -0.3 is 5.32 Å². The molecule has 4 heteroatoms. The first-order valence-corrected chi connectivity index (χ1v) is 8.23. The minimum Gasteiger partial charge on any atom is -0.314 e. The molecule has 2 heterocycles. The lowest BCUT2D eigenvalue weighted by atomic mass is 10.0. The number of rotatable bonds is 6. The van der Waals surface area contributed by atoms with Crippen molar-refractivity contribution in [3.8, 4) is 0 Å². The lowest BCUT2D eigenvalue weighted by molar-refractivity contribution is 0.185. The Morgan fingerprint density at radius 1 is 1.25 bits per heavy atom. The number of aryl methyl sites for hydroxylation is 2. The fourth-order valence-electron chi connectivity index (χ4n) is 3.18. The van der Waals surface area contributed by atoms with Crippen molar-refractivity contribution in [3.05, 3.63) is 17.5 Å². The van der Waals surface area contributed by atoms with Gasteiger partial charge in [0.05, 0.1) is 11.4 Å². The molecule has 1 aliphatic heterocycles. The first kappa shape index (κ1) is 14.1. The van der Waals surface area contributed by atoms with Crippen molar-refractivity contribution in [2.75, 3.05) is 19.6 Å². The molecule has 1 aromatic heterocycles. The van der Waals surface area contributed by atoms with E-state index in [1.54, 1.807) is 0 Å². The van der Waals surface area contributed by atoms with E-state index in [9.17, 15) is 0 Å². The predicted molar refractivity (Wildman–Crippen MR) is 81.7 cm³/mol. The minimum atomic E-state index is 0.754. The van der Waals surface area contributed by atoms with E-state index < -0.39 is 0 Å². The van der Waals surface area contributed by atoms with Gasteiger partial charge in [-0.2, -0.15) is 5.10 Å². The van der Waals surface area contributed by atoms with Crippen molar-refractivity contribution in [1.82, 2.24) is 20.0 Å². The van der Waals surface area contributed by atoms with Crippen LogP contribution in [0.15, 0.2) is 6.07 Å². The number of piperidine rings is 1. The number of hydrogen-bond donors (Lipinski definition) is 1. The average Bonchev–Trinajstić information content (AvgIpc) is 3.21. The molecule has 0 aromatic carbocycles. The van der Waals surface area contributed by atoms with Crippen LogP contribution in [0, 0.1) is 12.8 Å². The molecule has 0 unspecified atom stereocenters. The smallest absolute Gasteiger partial charge is 0.0597 e. The third kappa shape index (κ3) is 3.61. The van der Waals surface area contributed by atoms with Gasteiger partial charge in [-0.05, 0) is 58.1 Å². The average molecular weight is 276 g/mol. The fraction of sp³-hybridized carbons (Fsp3) is 0.812. The number of aromatic nitrogens is 2. The highest BCUT2D eigenvalue weighted by Crippen LogP contribution is 2.28. The van der Waals surface area contributed by atoms with Gasteiger partial charge in [0, 0.05) is 32.2 Å². The molecule has 112 valence electrons. The number of hydrogen-bond acceptors (Lipinski definition) is 3. The Hall–Kier alpha value is -0.870. The van der Waals surface area contributed by atoms with Crippen molar-refractivity contribution in [3.63, 3.8) is 0 Å². The van der Waals surface area contributed by atoms with E-state index in [-0.39, 0.29) is 0 Å². The highest BCUT2D eigenvalue weighted by atomic mass is 15.3. The lowest BCUT2D eigenvalue weighted by Gasteiger charge is -2.32. The van der Waals surface area contributed by atoms with Crippen LogP contribution in [0.25, 0.3) is 0 Å². The predicted octanol–water partition coefficient (Wildman–Crippen LogP) is 2.18. The van der Waals surface area contributed by atoms with Crippen LogP contribution in [0.2, 0.25) is 0 Å². The van der Waals surface area contributed by atoms with Crippen LogP contribution in [0.4, 0.5) is 0 Å². The van der Waals surface area contributed by atoms with Gasteiger partial charge in [0.1, 0.15) is 0 Å².